The lowest BCUT2D eigenvalue weighted by atomic mass is 10.1. The van der Waals surface area contributed by atoms with Gasteiger partial charge in [0.15, 0.2) is 0 Å². The molecule has 0 bridgehead atoms. The molecule has 0 saturated heterocycles. The molecule has 0 radical (unpaired) electrons. The summed E-state index contributed by atoms with van der Waals surface area (Å²) >= 11 is 0. The molecule has 0 fully saturated rings. The maximum Gasteiger partial charge on any atom is 0.223 e. The van der Waals surface area contributed by atoms with Crippen LogP contribution in [0.5, 0.6) is 0 Å². The van der Waals surface area contributed by atoms with Gasteiger partial charge in [0.05, 0.1) is 0 Å². The van der Waals surface area contributed by atoms with E-state index in [1.807, 2.05) is 4.90 Å². The third kappa shape index (κ3) is 1.38. The van der Waals surface area contributed by atoms with Crippen molar-refractivity contribution in [3.8, 4) is 0 Å². The van der Waals surface area contributed by atoms with Crippen LogP contribution in [0.4, 0.5) is 5.69 Å². The standard InChI is InChI=1S/C14H16N2O/c1-8-9(2)15-13-6-11-4-5-16(10(3)17)14(11)7-12(8)13/h6-7,15H,4-5H2,1-3H3. The van der Waals surface area contributed by atoms with Gasteiger partial charge in [0.1, 0.15) is 0 Å². The van der Waals surface area contributed by atoms with Crippen LogP contribution in [0.25, 0.3) is 10.9 Å². The van der Waals surface area contributed by atoms with Gasteiger partial charge in [-0.05, 0) is 43.5 Å². The first-order valence-corrected chi connectivity index (χ1v) is 5.98. The maximum absolute atomic E-state index is 11.6. The second-order valence-electron chi connectivity index (χ2n) is 4.82. The number of aryl methyl sites for hydroxylation is 2. The normalized spacial score (nSPS) is 14.4. The largest absolute Gasteiger partial charge is 0.358 e. The van der Waals surface area contributed by atoms with Crippen molar-refractivity contribution in [2.75, 3.05) is 11.4 Å². The highest BCUT2D eigenvalue weighted by Gasteiger charge is 2.23. The third-order valence-corrected chi connectivity index (χ3v) is 3.78. The Morgan fingerprint density at radius 3 is 2.82 bits per heavy atom. The monoisotopic (exact) mass is 228 g/mol. The summed E-state index contributed by atoms with van der Waals surface area (Å²) in [6.45, 7) is 6.65. The van der Waals surface area contributed by atoms with Gasteiger partial charge >= 0.3 is 0 Å². The van der Waals surface area contributed by atoms with Crippen LogP contribution in [0.2, 0.25) is 0 Å². The van der Waals surface area contributed by atoms with Crippen molar-refractivity contribution < 1.29 is 4.79 Å². The summed E-state index contributed by atoms with van der Waals surface area (Å²) in [5, 5.41) is 1.23. The van der Waals surface area contributed by atoms with Gasteiger partial charge in [0.25, 0.3) is 0 Å². The molecule has 1 N–H and O–H groups in total. The Morgan fingerprint density at radius 1 is 1.35 bits per heavy atom. The number of nitrogens with one attached hydrogen (secondary N) is 1. The summed E-state index contributed by atoms with van der Waals surface area (Å²) in [5.41, 5.74) is 6.03. The number of hydrogen-bond donors (Lipinski definition) is 1. The van der Waals surface area contributed by atoms with Crippen LogP contribution in [0.3, 0.4) is 0 Å². The van der Waals surface area contributed by atoms with E-state index in [2.05, 4.69) is 31.0 Å². The highest BCUT2D eigenvalue weighted by molar-refractivity contribution is 5.98. The van der Waals surface area contributed by atoms with Gasteiger partial charge in [-0.3, -0.25) is 4.79 Å². The van der Waals surface area contributed by atoms with Crippen LogP contribution in [0, 0.1) is 13.8 Å². The van der Waals surface area contributed by atoms with Crippen LogP contribution in [0.1, 0.15) is 23.7 Å². The lowest BCUT2D eigenvalue weighted by Gasteiger charge is -2.14. The fraction of sp³-hybridized carbons (Fsp3) is 0.357. The Balaban J connectivity index is 2.26. The molecule has 3 nitrogen and oxygen atoms in total. The molecule has 1 aromatic heterocycles. The molecule has 2 heterocycles. The Labute approximate surface area is 100 Å². The summed E-state index contributed by atoms with van der Waals surface area (Å²) in [6, 6.07) is 4.34. The van der Waals surface area contributed by atoms with E-state index >= 15 is 0 Å². The fourth-order valence-electron chi connectivity index (χ4n) is 2.68. The van der Waals surface area contributed by atoms with Crippen molar-refractivity contribution in [1.82, 2.24) is 4.98 Å². The molecule has 0 saturated carbocycles. The third-order valence-electron chi connectivity index (χ3n) is 3.78. The van der Waals surface area contributed by atoms with Crippen molar-refractivity contribution >= 4 is 22.5 Å². The zero-order valence-corrected chi connectivity index (χ0v) is 10.4. The number of hydrogen-bond acceptors (Lipinski definition) is 1. The van der Waals surface area contributed by atoms with Crippen molar-refractivity contribution in [3.63, 3.8) is 0 Å². The molecule has 17 heavy (non-hydrogen) atoms. The molecule has 0 spiro atoms. The Morgan fingerprint density at radius 2 is 2.12 bits per heavy atom. The first-order chi connectivity index (χ1) is 8.08. The van der Waals surface area contributed by atoms with Crippen molar-refractivity contribution in [3.05, 3.63) is 29.0 Å². The van der Waals surface area contributed by atoms with Gasteiger partial charge in [-0.25, -0.2) is 0 Å². The molecular weight excluding hydrogens is 212 g/mol. The smallest absolute Gasteiger partial charge is 0.223 e. The van der Waals surface area contributed by atoms with E-state index in [9.17, 15) is 4.79 Å². The first kappa shape index (κ1) is 10.4. The quantitative estimate of drug-likeness (QED) is 0.739. The summed E-state index contributed by atoms with van der Waals surface area (Å²) in [6.07, 6.45) is 0.960. The van der Waals surface area contributed by atoms with Crippen molar-refractivity contribution in [2.24, 2.45) is 0 Å². The number of fused-ring (bicyclic) bond motifs is 2. The van der Waals surface area contributed by atoms with Crippen LogP contribution in [0.15, 0.2) is 12.1 Å². The van der Waals surface area contributed by atoms with Gasteiger partial charge in [0.2, 0.25) is 5.91 Å². The maximum atomic E-state index is 11.6. The molecule has 0 aliphatic carbocycles. The summed E-state index contributed by atoms with van der Waals surface area (Å²) in [4.78, 5) is 16.8. The molecule has 3 rings (SSSR count). The van der Waals surface area contributed by atoms with Gasteiger partial charge in [0, 0.05) is 35.8 Å². The molecule has 0 atom stereocenters. The van der Waals surface area contributed by atoms with Gasteiger partial charge < -0.3 is 9.88 Å². The number of benzene rings is 1. The zero-order valence-electron chi connectivity index (χ0n) is 10.4. The van der Waals surface area contributed by atoms with Gasteiger partial charge in [-0.15, -0.1) is 0 Å². The van der Waals surface area contributed by atoms with E-state index in [1.165, 1.54) is 27.7 Å². The fourth-order valence-corrected chi connectivity index (χ4v) is 2.68. The average molecular weight is 228 g/mol. The SMILES string of the molecule is CC(=O)N1CCc2cc3[nH]c(C)c(C)c3cc21. The lowest BCUT2D eigenvalue weighted by molar-refractivity contribution is -0.116. The van der Waals surface area contributed by atoms with Crippen molar-refractivity contribution in [2.45, 2.75) is 27.2 Å². The Hall–Kier alpha value is -1.77. The highest BCUT2D eigenvalue weighted by atomic mass is 16.2. The van der Waals surface area contributed by atoms with E-state index < -0.39 is 0 Å². The number of rotatable bonds is 0. The zero-order chi connectivity index (χ0) is 12.2. The van der Waals surface area contributed by atoms with E-state index in [-0.39, 0.29) is 5.91 Å². The number of aromatic amines is 1. The lowest BCUT2D eigenvalue weighted by Crippen LogP contribution is -2.25. The molecule has 2 aromatic rings. The van der Waals surface area contributed by atoms with E-state index in [0.717, 1.165) is 18.7 Å². The number of carbonyl (C=O) groups is 1. The van der Waals surface area contributed by atoms with Crippen molar-refractivity contribution in [1.29, 1.82) is 0 Å². The Bertz CT molecular complexity index is 625. The molecule has 3 heteroatoms. The van der Waals surface area contributed by atoms with Gasteiger partial charge in [-0.1, -0.05) is 0 Å². The number of H-pyrrole nitrogens is 1. The molecule has 1 aliphatic heterocycles. The Kier molecular flexibility index (Phi) is 2.05. The van der Waals surface area contributed by atoms with Crippen LogP contribution in [-0.2, 0) is 11.2 Å². The molecule has 88 valence electrons. The molecule has 0 unspecified atom stereocenters. The molecule has 1 amide bonds. The highest BCUT2D eigenvalue weighted by Crippen LogP contribution is 2.34. The number of anilines is 1. The van der Waals surface area contributed by atoms with E-state index in [1.54, 1.807) is 6.92 Å². The molecular formula is C14H16N2O. The van der Waals surface area contributed by atoms with E-state index in [0.29, 0.717) is 0 Å². The van der Waals surface area contributed by atoms with Crippen LogP contribution < -0.4 is 4.90 Å². The average Bonchev–Trinajstić information content (AvgIpc) is 2.79. The van der Waals surface area contributed by atoms with Crippen LogP contribution in [-0.4, -0.2) is 17.4 Å². The minimum atomic E-state index is 0.132. The number of carbonyl (C=O) groups excluding carboxylic acids is 1. The number of amides is 1. The number of nitrogens with zero attached hydrogens (tertiary/aromatic N) is 1. The molecule has 1 aromatic carbocycles. The first-order valence-electron chi connectivity index (χ1n) is 5.98. The second kappa shape index (κ2) is 3.36. The topological polar surface area (TPSA) is 36.1 Å². The van der Waals surface area contributed by atoms with Gasteiger partial charge in [-0.2, -0.15) is 0 Å². The predicted octanol–water partition coefficient (Wildman–Crippen LogP) is 2.69. The van der Waals surface area contributed by atoms with Crippen LogP contribution >= 0.6 is 0 Å². The second-order valence-corrected chi connectivity index (χ2v) is 4.82. The van der Waals surface area contributed by atoms with E-state index in [4.69, 9.17) is 0 Å². The summed E-state index contributed by atoms with van der Waals surface area (Å²) in [5.74, 6) is 0.132. The molecule has 1 aliphatic rings. The minimum Gasteiger partial charge on any atom is -0.358 e. The summed E-state index contributed by atoms with van der Waals surface area (Å²) in [7, 11) is 0. The number of aromatic nitrogens is 1. The predicted molar refractivity (Wildman–Crippen MR) is 69.5 cm³/mol. The summed E-state index contributed by atoms with van der Waals surface area (Å²) < 4.78 is 0. The minimum absolute atomic E-state index is 0.132.